The largest absolute Gasteiger partial charge is 0.487 e. The van der Waals surface area contributed by atoms with Gasteiger partial charge >= 0.3 is 0 Å². The van der Waals surface area contributed by atoms with E-state index in [0.29, 0.717) is 6.10 Å². The molecule has 1 saturated heterocycles. The van der Waals surface area contributed by atoms with E-state index in [-0.39, 0.29) is 5.41 Å². The Balaban J connectivity index is 1.84. The van der Waals surface area contributed by atoms with Crippen LogP contribution in [0, 0.1) is 0 Å². The van der Waals surface area contributed by atoms with E-state index in [1.807, 2.05) is 0 Å². The van der Waals surface area contributed by atoms with Crippen molar-refractivity contribution < 1.29 is 4.74 Å². The number of likely N-dealkylation sites (tertiary alicyclic amines) is 1. The molecule has 0 unspecified atom stereocenters. The lowest BCUT2D eigenvalue weighted by molar-refractivity contribution is 0.0373. The SMILES string of the molecule is CN1CC(Oc2ccccc2C2(CN)CCCC2)C1. The third kappa shape index (κ3) is 2.37. The fraction of sp³-hybridized carbons (Fsp3) is 0.625. The summed E-state index contributed by atoms with van der Waals surface area (Å²) in [4.78, 5) is 2.28. The number of hydrogen-bond donors (Lipinski definition) is 1. The van der Waals surface area contributed by atoms with E-state index in [9.17, 15) is 0 Å². The molecule has 104 valence electrons. The van der Waals surface area contributed by atoms with Crippen LogP contribution in [0.2, 0.25) is 0 Å². The van der Waals surface area contributed by atoms with Crippen molar-refractivity contribution in [2.45, 2.75) is 37.2 Å². The van der Waals surface area contributed by atoms with Crippen LogP contribution in [-0.2, 0) is 5.41 Å². The van der Waals surface area contributed by atoms with Crippen LogP contribution in [0.5, 0.6) is 5.75 Å². The number of nitrogens with two attached hydrogens (primary N) is 1. The average molecular weight is 260 g/mol. The van der Waals surface area contributed by atoms with Gasteiger partial charge in [-0.1, -0.05) is 31.0 Å². The van der Waals surface area contributed by atoms with E-state index >= 15 is 0 Å². The van der Waals surface area contributed by atoms with Gasteiger partial charge in [-0.25, -0.2) is 0 Å². The Morgan fingerprint density at radius 3 is 2.58 bits per heavy atom. The second-order valence-electron chi connectivity index (χ2n) is 6.15. The van der Waals surface area contributed by atoms with Crippen molar-refractivity contribution in [1.29, 1.82) is 0 Å². The fourth-order valence-electron chi connectivity index (χ4n) is 3.54. The zero-order valence-electron chi connectivity index (χ0n) is 11.8. The predicted octanol–water partition coefficient (Wildman–Crippen LogP) is 2.15. The number of benzene rings is 1. The standard InChI is InChI=1S/C16H24N2O/c1-18-10-13(11-18)19-15-7-3-2-6-14(15)16(12-17)8-4-5-9-16/h2-3,6-7,13H,4-5,8-12,17H2,1H3. The summed E-state index contributed by atoms with van der Waals surface area (Å²) in [7, 11) is 2.13. The molecule has 1 saturated carbocycles. The highest BCUT2D eigenvalue weighted by Crippen LogP contribution is 2.44. The van der Waals surface area contributed by atoms with Crippen LogP contribution in [0.1, 0.15) is 31.2 Å². The van der Waals surface area contributed by atoms with Crippen molar-refractivity contribution in [2.24, 2.45) is 5.73 Å². The normalized spacial score (nSPS) is 23.3. The molecule has 0 bridgehead atoms. The van der Waals surface area contributed by atoms with Crippen LogP contribution in [0.4, 0.5) is 0 Å². The number of ether oxygens (including phenoxy) is 1. The summed E-state index contributed by atoms with van der Waals surface area (Å²) in [6.07, 6.45) is 5.33. The van der Waals surface area contributed by atoms with Gasteiger partial charge < -0.3 is 10.5 Å². The summed E-state index contributed by atoms with van der Waals surface area (Å²) in [6, 6.07) is 8.52. The molecule has 2 fully saturated rings. The van der Waals surface area contributed by atoms with Crippen LogP contribution < -0.4 is 10.5 Å². The van der Waals surface area contributed by atoms with Gasteiger partial charge in [0.1, 0.15) is 11.9 Å². The molecular weight excluding hydrogens is 236 g/mol. The third-order valence-electron chi connectivity index (χ3n) is 4.73. The molecule has 3 rings (SSSR count). The summed E-state index contributed by atoms with van der Waals surface area (Å²) in [6.45, 7) is 2.80. The van der Waals surface area contributed by atoms with E-state index in [4.69, 9.17) is 10.5 Å². The lowest BCUT2D eigenvalue weighted by atomic mass is 9.78. The minimum atomic E-state index is 0.159. The van der Waals surface area contributed by atoms with Gasteiger partial charge in [0.05, 0.1) is 0 Å². The average Bonchev–Trinajstić information content (AvgIpc) is 2.87. The first-order valence-corrected chi connectivity index (χ1v) is 7.38. The number of rotatable bonds is 4. The number of likely N-dealkylation sites (N-methyl/N-ethyl adjacent to an activating group) is 1. The molecule has 0 radical (unpaired) electrons. The summed E-state index contributed by atoms with van der Waals surface area (Å²) in [5.41, 5.74) is 7.60. The highest BCUT2D eigenvalue weighted by Gasteiger charge is 2.37. The molecule has 0 spiro atoms. The van der Waals surface area contributed by atoms with Crippen LogP contribution in [0.25, 0.3) is 0 Å². The van der Waals surface area contributed by atoms with Crippen molar-refractivity contribution in [3.63, 3.8) is 0 Å². The smallest absolute Gasteiger partial charge is 0.124 e. The van der Waals surface area contributed by atoms with E-state index in [2.05, 4.69) is 36.2 Å². The predicted molar refractivity (Wildman–Crippen MR) is 77.6 cm³/mol. The molecule has 2 aliphatic rings. The molecule has 0 atom stereocenters. The number of hydrogen-bond acceptors (Lipinski definition) is 3. The maximum Gasteiger partial charge on any atom is 0.124 e. The molecule has 1 aliphatic carbocycles. The van der Waals surface area contributed by atoms with Crippen LogP contribution >= 0.6 is 0 Å². The van der Waals surface area contributed by atoms with Crippen molar-refractivity contribution in [1.82, 2.24) is 4.90 Å². The maximum absolute atomic E-state index is 6.19. The van der Waals surface area contributed by atoms with Gasteiger partial charge in [0.25, 0.3) is 0 Å². The zero-order chi connectivity index (χ0) is 13.3. The first kappa shape index (κ1) is 12.9. The first-order valence-electron chi connectivity index (χ1n) is 7.38. The Labute approximate surface area is 115 Å². The molecule has 1 heterocycles. The van der Waals surface area contributed by atoms with E-state index in [0.717, 1.165) is 25.4 Å². The lowest BCUT2D eigenvalue weighted by Crippen LogP contribution is -2.51. The molecule has 2 N–H and O–H groups in total. The molecule has 3 heteroatoms. The van der Waals surface area contributed by atoms with Crippen molar-refractivity contribution in [2.75, 3.05) is 26.7 Å². The van der Waals surface area contributed by atoms with Crippen LogP contribution in [-0.4, -0.2) is 37.7 Å². The van der Waals surface area contributed by atoms with Gasteiger partial charge in [-0.2, -0.15) is 0 Å². The fourth-order valence-corrected chi connectivity index (χ4v) is 3.54. The van der Waals surface area contributed by atoms with Crippen molar-refractivity contribution >= 4 is 0 Å². The Hall–Kier alpha value is -1.06. The van der Waals surface area contributed by atoms with Gasteiger partial charge in [-0.05, 0) is 26.0 Å². The topological polar surface area (TPSA) is 38.5 Å². The molecule has 3 nitrogen and oxygen atoms in total. The van der Waals surface area contributed by atoms with Crippen molar-refractivity contribution in [3.8, 4) is 5.75 Å². The van der Waals surface area contributed by atoms with E-state index in [1.54, 1.807) is 0 Å². The molecular formula is C16H24N2O. The van der Waals surface area contributed by atoms with Crippen molar-refractivity contribution in [3.05, 3.63) is 29.8 Å². The minimum absolute atomic E-state index is 0.159. The summed E-state index contributed by atoms with van der Waals surface area (Å²) < 4.78 is 6.19. The second-order valence-corrected chi connectivity index (χ2v) is 6.15. The molecule has 1 aromatic rings. The highest BCUT2D eigenvalue weighted by molar-refractivity contribution is 5.41. The molecule has 1 aromatic carbocycles. The molecule has 0 amide bonds. The van der Waals surface area contributed by atoms with E-state index in [1.165, 1.54) is 31.2 Å². The van der Waals surface area contributed by atoms with Gasteiger partial charge in [-0.3, -0.25) is 4.90 Å². The quantitative estimate of drug-likeness (QED) is 0.901. The summed E-state index contributed by atoms with van der Waals surface area (Å²) in [5, 5.41) is 0. The maximum atomic E-state index is 6.19. The van der Waals surface area contributed by atoms with Crippen LogP contribution in [0.3, 0.4) is 0 Å². The molecule has 1 aliphatic heterocycles. The first-order chi connectivity index (χ1) is 9.23. The molecule has 19 heavy (non-hydrogen) atoms. The zero-order valence-corrected chi connectivity index (χ0v) is 11.8. The third-order valence-corrected chi connectivity index (χ3v) is 4.73. The summed E-state index contributed by atoms with van der Waals surface area (Å²) >= 11 is 0. The van der Waals surface area contributed by atoms with Gasteiger partial charge in [0.2, 0.25) is 0 Å². The lowest BCUT2D eigenvalue weighted by Gasteiger charge is -2.38. The number of para-hydroxylation sites is 1. The van der Waals surface area contributed by atoms with Crippen LogP contribution in [0.15, 0.2) is 24.3 Å². The number of nitrogens with zero attached hydrogens (tertiary/aromatic N) is 1. The Bertz CT molecular complexity index is 434. The Kier molecular flexibility index (Phi) is 3.50. The van der Waals surface area contributed by atoms with Gasteiger partial charge in [0, 0.05) is 30.6 Å². The van der Waals surface area contributed by atoms with E-state index < -0.39 is 0 Å². The monoisotopic (exact) mass is 260 g/mol. The molecule has 0 aromatic heterocycles. The Morgan fingerprint density at radius 1 is 1.26 bits per heavy atom. The van der Waals surface area contributed by atoms with Gasteiger partial charge in [0.15, 0.2) is 0 Å². The minimum Gasteiger partial charge on any atom is -0.487 e. The Morgan fingerprint density at radius 2 is 1.95 bits per heavy atom. The summed E-state index contributed by atoms with van der Waals surface area (Å²) in [5.74, 6) is 1.06. The highest BCUT2D eigenvalue weighted by atomic mass is 16.5. The second kappa shape index (κ2) is 5.14. The van der Waals surface area contributed by atoms with Gasteiger partial charge in [-0.15, -0.1) is 0 Å².